The van der Waals surface area contributed by atoms with Gasteiger partial charge in [0.2, 0.25) is 5.91 Å². The molecule has 1 saturated heterocycles. The molecule has 1 heterocycles. The number of nitrogens with one attached hydrogen (secondary N) is 2. The third kappa shape index (κ3) is 5.14. The lowest BCUT2D eigenvalue weighted by Crippen LogP contribution is -2.45. The lowest BCUT2D eigenvalue weighted by atomic mass is 10.1. The van der Waals surface area contributed by atoms with Crippen LogP contribution in [0.5, 0.6) is 0 Å². The van der Waals surface area contributed by atoms with Gasteiger partial charge >= 0.3 is 0 Å². The van der Waals surface area contributed by atoms with E-state index in [0.717, 1.165) is 19.0 Å². The van der Waals surface area contributed by atoms with Gasteiger partial charge in [-0.15, -0.1) is 0 Å². The fourth-order valence-electron chi connectivity index (χ4n) is 2.89. The zero-order chi connectivity index (χ0) is 18.4. The Morgan fingerprint density at radius 2 is 2.16 bits per heavy atom. The van der Waals surface area contributed by atoms with Gasteiger partial charge in [0, 0.05) is 38.6 Å². The quantitative estimate of drug-likeness (QED) is 0.629. The van der Waals surface area contributed by atoms with Crippen molar-refractivity contribution in [2.75, 3.05) is 26.7 Å². The number of carbonyl (C=O) groups excluding carboxylic acids is 1. The lowest BCUT2D eigenvalue weighted by molar-refractivity contribution is -0.133. The molecule has 1 amide bonds. The summed E-state index contributed by atoms with van der Waals surface area (Å²) >= 11 is 0. The number of halogens is 2. The summed E-state index contributed by atoms with van der Waals surface area (Å²) in [4.78, 5) is 18.0. The van der Waals surface area contributed by atoms with E-state index in [4.69, 9.17) is 0 Å². The largest absolute Gasteiger partial charge is 0.356 e. The van der Waals surface area contributed by atoms with Crippen molar-refractivity contribution in [2.45, 2.75) is 32.7 Å². The molecule has 2 N–H and O–H groups in total. The van der Waals surface area contributed by atoms with E-state index in [1.165, 1.54) is 6.07 Å². The third-order valence-corrected chi connectivity index (χ3v) is 4.28. The Morgan fingerprint density at radius 3 is 2.84 bits per heavy atom. The molecular weight excluding hydrogens is 326 g/mol. The molecule has 138 valence electrons. The lowest BCUT2D eigenvalue weighted by Gasteiger charge is -2.20. The summed E-state index contributed by atoms with van der Waals surface area (Å²) in [5, 5.41) is 6.38. The Labute approximate surface area is 147 Å². The Hall–Kier alpha value is -2.18. The molecule has 7 heteroatoms. The maximum Gasteiger partial charge on any atom is 0.225 e. The summed E-state index contributed by atoms with van der Waals surface area (Å²) < 4.78 is 26.8. The van der Waals surface area contributed by atoms with Gasteiger partial charge in [0.05, 0.1) is 0 Å². The van der Waals surface area contributed by atoms with Gasteiger partial charge in [0.15, 0.2) is 17.6 Å². The maximum atomic E-state index is 13.6. The van der Waals surface area contributed by atoms with Crippen LogP contribution in [-0.4, -0.2) is 49.5 Å². The van der Waals surface area contributed by atoms with Crippen LogP contribution in [0.4, 0.5) is 8.78 Å². The van der Waals surface area contributed by atoms with Crippen LogP contribution in [0.2, 0.25) is 0 Å². The van der Waals surface area contributed by atoms with E-state index < -0.39 is 11.6 Å². The normalized spacial score (nSPS) is 17.9. The number of hydrogen-bond donors (Lipinski definition) is 2. The van der Waals surface area contributed by atoms with Gasteiger partial charge in [-0.1, -0.05) is 26.0 Å². The first-order valence-electron chi connectivity index (χ1n) is 8.61. The minimum atomic E-state index is -0.833. The SMILES string of the molecule is CN=C(NCCc1cccc(F)c1F)NC1CCN(C(=O)C(C)C)C1. The van der Waals surface area contributed by atoms with Crippen molar-refractivity contribution in [3.8, 4) is 0 Å². The molecule has 0 radical (unpaired) electrons. The number of likely N-dealkylation sites (tertiary alicyclic amines) is 1. The van der Waals surface area contributed by atoms with Crippen LogP contribution in [0, 0.1) is 17.6 Å². The second-order valence-electron chi connectivity index (χ2n) is 6.53. The minimum Gasteiger partial charge on any atom is -0.356 e. The molecule has 0 aliphatic carbocycles. The first-order valence-corrected chi connectivity index (χ1v) is 8.61. The molecule has 1 aromatic rings. The Balaban J connectivity index is 1.80. The van der Waals surface area contributed by atoms with Crippen LogP contribution in [0.1, 0.15) is 25.8 Å². The first kappa shape index (κ1) is 19.1. The zero-order valence-electron chi connectivity index (χ0n) is 15.0. The molecule has 0 bridgehead atoms. The monoisotopic (exact) mass is 352 g/mol. The molecule has 25 heavy (non-hydrogen) atoms. The Kier molecular flexibility index (Phi) is 6.73. The van der Waals surface area contributed by atoms with Crippen molar-refractivity contribution >= 4 is 11.9 Å². The number of nitrogens with zero attached hydrogens (tertiary/aromatic N) is 2. The number of carbonyl (C=O) groups is 1. The van der Waals surface area contributed by atoms with Crippen LogP contribution in [0.25, 0.3) is 0 Å². The summed E-state index contributed by atoms with van der Waals surface area (Å²) in [6.45, 7) is 5.61. The average molecular weight is 352 g/mol. The highest BCUT2D eigenvalue weighted by molar-refractivity contribution is 5.81. The van der Waals surface area contributed by atoms with Gasteiger partial charge in [0.1, 0.15) is 0 Å². The van der Waals surface area contributed by atoms with Gasteiger partial charge in [-0.3, -0.25) is 9.79 Å². The Morgan fingerprint density at radius 1 is 1.40 bits per heavy atom. The summed E-state index contributed by atoms with van der Waals surface area (Å²) in [6.07, 6.45) is 1.21. The average Bonchev–Trinajstić information content (AvgIpc) is 3.05. The standard InChI is InChI=1S/C18H26F2N4O/c1-12(2)17(25)24-10-8-14(11-24)23-18(21-3)22-9-7-13-5-4-6-15(19)16(13)20/h4-6,12,14H,7-11H2,1-3H3,(H2,21,22,23). The van der Waals surface area contributed by atoms with Gasteiger partial charge in [-0.2, -0.15) is 0 Å². The molecule has 1 aliphatic heterocycles. The number of aliphatic imine (C=N–C) groups is 1. The summed E-state index contributed by atoms with van der Waals surface area (Å²) in [6, 6.07) is 4.32. The number of hydrogen-bond acceptors (Lipinski definition) is 2. The van der Waals surface area contributed by atoms with Crippen molar-refractivity contribution in [1.82, 2.24) is 15.5 Å². The predicted octanol–water partition coefficient (Wildman–Crippen LogP) is 1.93. The molecule has 1 fully saturated rings. The molecular formula is C18H26F2N4O. The molecule has 0 aromatic heterocycles. The van der Waals surface area contributed by atoms with Crippen molar-refractivity contribution in [3.05, 3.63) is 35.4 Å². The van der Waals surface area contributed by atoms with E-state index in [1.54, 1.807) is 13.1 Å². The fourth-order valence-corrected chi connectivity index (χ4v) is 2.89. The van der Waals surface area contributed by atoms with E-state index in [-0.39, 0.29) is 17.9 Å². The minimum absolute atomic E-state index is 0.00245. The molecule has 1 atom stereocenters. The molecule has 2 rings (SSSR count). The molecule has 1 aromatic carbocycles. The van der Waals surface area contributed by atoms with Crippen molar-refractivity contribution in [2.24, 2.45) is 10.9 Å². The van der Waals surface area contributed by atoms with Crippen molar-refractivity contribution in [1.29, 1.82) is 0 Å². The highest BCUT2D eigenvalue weighted by Crippen LogP contribution is 2.13. The summed E-state index contributed by atoms with van der Waals surface area (Å²) in [5.41, 5.74) is 0.331. The van der Waals surface area contributed by atoms with Crippen molar-refractivity contribution < 1.29 is 13.6 Å². The van der Waals surface area contributed by atoms with E-state index in [1.807, 2.05) is 18.7 Å². The smallest absolute Gasteiger partial charge is 0.225 e. The summed E-state index contributed by atoms with van der Waals surface area (Å²) in [5.74, 6) is -0.876. The molecule has 1 unspecified atom stereocenters. The van der Waals surface area contributed by atoms with E-state index in [0.29, 0.717) is 31.0 Å². The zero-order valence-corrected chi connectivity index (χ0v) is 15.0. The second-order valence-corrected chi connectivity index (χ2v) is 6.53. The van der Waals surface area contributed by atoms with Gasteiger partial charge in [0.25, 0.3) is 0 Å². The topological polar surface area (TPSA) is 56.7 Å². The number of amides is 1. The van der Waals surface area contributed by atoms with Crippen LogP contribution >= 0.6 is 0 Å². The maximum absolute atomic E-state index is 13.6. The van der Waals surface area contributed by atoms with Gasteiger partial charge in [-0.25, -0.2) is 8.78 Å². The summed E-state index contributed by atoms with van der Waals surface area (Å²) in [7, 11) is 1.66. The Bertz CT molecular complexity index is 634. The van der Waals surface area contributed by atoms with Crippen LogP contribution in [-0.2, 0) is 11.2 Å². The van der Waals surface area contributed by atoms with E-state index in [2.05, 4.69) is 15.6 Å². The highest BCUT2D eigenvalue weighted by atomic mass is 19.2. The van der Waals surface area contributed by atoms with Crippen LogP contribution in [0.15, 0.2) is 23.2 Å². The first-order chi connectivity index (χ1) is 11.9. The predicted molar refractivity (Wildman–Crippen MR) is 94.4 cm³/mol. The second kappa shape index (κ2) is 8.78. The molecule has 5 nitrogen and oxygen atoms in total. The molecule has 1 aliphatic rings. The number of guanidine groups is 1. The van der Waals surface area contributed by atoms with E-state index >= 15 is 0 Å². The van der Waals surface area contributed by atoms with Crippen molar-refractivity contribution in [3.63, 3.8) is 0 Å². The van der Waals surface area contributed by atoms with E-state index in [9.17, 15) is 13.6 Å². The van der Waals surface area contributed by atoms with Gasteiger partial charge in [-0.05, 0) is 24.5 Å². The number of benzene rings is 1. The highest BCUT2D eigenvalue weighted by Gasteiger charge is 2.27. The van der Waals surface area contributed by atoms with Crippen LogP contribution in [0.3, 0.4) is 0 Å². The molecule has 0 saturated carbocycles. The third-order valence-electron chi connectivity index (χ3n) is 4.28. The van der Waals surface area contributed by atoms with Gasteiger partial charge < -0.3 is 15.5 Å². The fraction of sp³-hybridized carbons (Fsp3) is 0.556. The number of rotatable bonds is 5. The van der Waals surface area contributed by atoms with Crippen LogP contribution < -0.4 is 10.6 Å². The molecule has 0 spiro atoms.